The molecule has 1 N–H and O–H groups in total. The molecule has 0 saturated carbocycles. The van der Waals surface area contributed by atoms with Crippen LogP contribution in [0, 0.1) is 5.41 Å². The van der Waals surface area contributed by atoms with Crippen LogP contribution in [0.4, 0.5) is 0 Å². The summed E-state index contributed by atoms with van der Waals surface area (Å²) >= 11 is 0. The molecule has 0 spiro atoms. The van der Waals surface area contributed by atoms with Crippen molar-refractivity contribution in [2.75, 3.05) is 0 Å². The predicted octanol–water partition coefficient (Wildman–Crippen LogP) is -1.36. The second kappa shape index (κ2) is 5.29. The van der Waals surface area contributed by atoms with Crippen LogP contribution in [0.5, 0.6) is 0 Å². The van der Waals surface area contributed by atoms with Gasteiger partial charge in [0.05, 0.1) is 0 Å². The van der Waals surface area contributed by atoms with Gasteiger partial charge >= 0.3 is 31.8 Å². The van der Waals surface area contributed by atoms with Crippen LogP contribution in [0.15, 0.2) is 0 Å². The Morgan fingerprint density at radius 2 is 1.07 bits per heavy atom. The first-order valence-corrected chi connectivity index (χ1v) is 3.54. The molecule has 0 radical (unpaired) electrons. The number of hydrogen-bond donors (Lipinski definition) is 1. The minimum absolute atomic E-state index is 0. The molecule has 0 atom stereocenters. The van der Waals surface area contributed by atoms with Crippen LogP contribution < -0.4 is 0 Å². The SMILES string of the molecule is CC(=O)C(C(C)=O)(C(C)=O)C(=O)O.[InH3]. The molecule has 5 nitrogen and oxygen atoms in total. The Morgan fingerprint density at radius 1 is 0.857 bits per heavy atom. The average Bonchev–Trinajstić information content (AvgIpc) is 1.82. The fourth-order valence-electron chi connectivity index (χ4n) is 1.20. The van der Waals surface area contributed by atoms with Gasteiger partial charge in [-0.3, -0.25) is 19.2 Å². The molecule has 14 heavy (non-hydrogen) atoms. The summed E-state index contributed by atoms with van der Waals surface area (Å²) in [5.74, 6) is -4.58. The fraction of sp³-hybridized carbons (Fsp3) is 0.500. The second-order valence-electron chi connectivity index (χ2n) is 2.72. The number of carboxylic acids is 1. The Balaban J connectivity index is 0. The van der Waals surface area contributed by atoms with E-state index in [1.807, 2.05) is 0 Å². The number of aliphatic carboxylic acids is 1. The van der Waals surface area contributed by atoms with Crippen molar-refractivity contribution in [3.63, 3.8) is 0 Å². The summed E-state index contributed by atoms with van der Waals surface area (Å²) in [6.07, 6.45) is 0. The first-order valence-electron chi connectivity index (χ1n) is 3.54. The van der Waals surface area contributed by atoms with Crippen LogP contribution in [-0.2, 0) is 19.2 Å². The van der Waals surface area contributed by atoms with E-state index in [9.17, 15) is 19.2 Å². The van der Waals surface area contributed by atoms with Gasteiger partial charge in [-0.2, -0.15) is 0 Å². The third-order valence-corrected chi connectivity index (χ3v) is 1.91. The van der Waals surface area contributed by atoms with Crippen LogP contribution in [0.3, 0.4) is 0 Å². The Morgan fingerprint density at radius 3 is 1.07 bits per heavy atom. The molecule has 0 aliphatic heterocycles. The molecule has 0 aliphatic carbocycles. The standard InChI is InChI=1S/C8H10O5.In.3H/c1-4(9)8(5(2)10,6(3)11)7(12)13;;;;/h1-3H3,(H,12,13);;;;. The van der Waals surface area contributed by atoms with Crippen LogP contribution >= 0.6 is 0 Å². The molecule has 0 aromatic heterocycles. The number of carbonyl (C=O) groups is 4. The van der Waals surface area contributed by atoms with Gasteiger partial charge in [0.15, 0.2) is 17.3 Å². The third-order valence-electron chi connectivity index (χ3n) is 1.91. The minimum atomic E-state index is -2.50. The van der Waals surface area contributed by atoms with Crippen molar-refractivity contribution in [3.8, 4) is 0 Å². The van der Waals surface area contributed by atoms with Crippen LogP contribution in [-0.4, -0.2) is 54.3 Å². The average molecular weight is 304 g/mol. The third kappa shape index (κ3) is 2.23. The molecular formula is C8H13InO5. The maximum absolute atomic E-state index is 11.0. The van der Waals surface area contributed by atoms with Gasteiger partial charge in [0, 0.05) is 0 Å². The summed E-state index contributed by atoms with van der Waals surface area (Å²) in [5, 5.41) is 8.67. The molecule has 0 heterocycles. The first-order chi connectivity index (χ1) is 5.77. The van der Waals surface area contributed by atoms with Crippen LogP contribution in [0.25, 0.3) is 0 Å². The quantitative estimate of drug-likeness (QED) is 0.648. The second-order valence-corrected chi connectivity index (χ2v) is 2.72. The van der Waals surface area contributed by atoms with Crippen molar-refractivity contribution in [2.24, 2.45) is 5.41 Å². The molecule has 0 aromatic carbocycles. The summed E-state index contributed by atoms with van der Waals surface area (Å²) in [6.45, 7) is 2.74. The number of carboxylic acid groups (broad SMARTS) is 1. The summed E-state index contributed by atoms with van der Waals surface area (Å²) < 4.78 is 0. The van der Waals surface area contributed by atoms with E-state index in [1.54, 1.807) is 0 Å². The molecule has 6 heteroatoms. The maximum atomic E-state index is 11.0. The molecule has 0 saturated heterocycles. The first kappa shape index (κ1) is 15.8. The van der Waals surface area contributed by atoms with Crippen molar-refractivity contribution in [2.45, 2.75) is 20.8 Å². The van der Waals surface area contributed by atoms with Crippen LogP contribution in [0.1, 0.15) is 20.8 Å². The van der Waals surface area contributed by atoms with Gasteiger partial charge in [-0.25, -0.2) is 0 Å². The zero-order valence-corrected chi connectivity index (χ0v) is 7.58. The Hall–Kier alpha value is -0.650. The number of ketones is 3. The van der Waals surface area contributed by atoms with E-state index in [4.69, 9.17) is 5.11 Å². The summed E-state index contributed by atoms with van der Waals surface area (Å²) in [5.41, 5.74) is -2.50. The zero-order valence-electron chi connectivity index (χ0n) is 7.58. The molecule has 0 unspecified atom stereocenters. The topological polar surface area (TPSA) is 88.5 Å². The van der Waals surface area contributed by atoms with Crippen molar-refractivity contribution >= 4 is 49.2 Å². The number of Topliss-reactive ketones (excluding diaryl/α,β-unsaturated/α-hetero) is 3. The molecule has 0 aromatic rings. The van der Waals surface area contributed by atoms with Crippen LogP contribution in [0.2, 0.25) is 0 Å². The number of carbonyl (C=O) groups excluding carboxylic acids is 3. The van der Waals surface area contributed by atoms with Gasteiger partial charge in [0.25, 0.3) is 0 Å². The van der Waals surface area contributed by atoms with E-state index in [2.05, 4.69) is 0 Å². The van der Waals surface area contributed by atoms with Gasteiger partial charge in [-0.15, -0.1) is 0 Å². The van der Waals surface area contributed by atoms with Crippen molar-refractivity contribution in [1.29, 1.82) is 0 Å². The zero-order chi connectivity index (χ0) is 10.8. The van der Waals surface area contributed by atoms with Crippen molar-refractivity contribution in [3.05, 3.63) is 0 Å². The van der Waals surface area contributed by atoms with Gasteiger partial charge < -0.3 is 5.11 Å². The number of rotatable bonds is 4. The van der Waals surface area contributed by atoms with E-state index in [-0.39, 0.29) is 25.8 Å². The van der Waals surface area contributed by atoms with E-state index in [1.165, 1.54) is 0 Å². The molecule has 0 bridgehead atoms. The number of hydrogen-bond acceptors (Lipinski definition) is 4. The molecule has 0 fully saturated rings. The predicted molar refractivity (Wildman–Crippen MR) is 52.1 cm³/mol. The van der Waals surface area contributed by atoms with E-state index in [0.717, 1.165) is 20.8 Å². The summed E-state index contributed by atoms with van der Waals surface area (Å²) in [6, 6.07) is 0. The van der Waals surface area contributed by atoms with E-state index >= 15 is 0 Å². The fourth-order valence-corrected chi connectivity index (χ4v) is 1.20. The Kier molecular flexibility index (Phi) is 5.97. The van der Waals surface area contributed by atoms with Gasteiger partial charge in [-0.1, -0.05) is 0 Å². The molecule has 0 aliphatic rings. The molecule has 0 rings (SSSR count). The molecular weight excluding hydrogens is 291 g/mol. The van der Waals surface area contributed by atoms with E-state index < -0.39 is 28.7 Å². The monoisotopic (exact) mass is 304 g/mol. The van der Waals surface area contributed by atoms with Gasteiger partial charge in [0.1, 0.15) is 0 Å². The van der Waals surface area contributed by atoms with Gasteiger partial charge in [0.2, 0.25) is 5.41 Å². The summed E-state index contributed by atoms with van der Waals surface area (Å²) in [7, 11) is 0. The normalized spacial score (nSPS) is 9.93. The summed E-state index contributed by atoms with van der Waals surface area (Å²) in [4.78, 5) is 43.6. The van der Waals surface area contributed by atoms with Crippen molar-refractivity contribution < 1.29 is 24.3 Å². The Bertz CT molecular complexity index is 233. The molecule has 78 valence electrons. The molecule has 0 amide bonds. The van der Waals surface area contributed by atoms with Crippen molar-refractivity contribution in [1.82, 2.24) is 0 Å². The van der Waals surface area contributed by atoms with E-state index in [0.29, 0.717) is 0 Å². The Labute approximate surface area is 99.6 Å². The van der Waals surface area contributed by atoms with Gasteiger partial charge in [-0.05, 0) is 20.8 Å².